The minimum Gasteiger partial charge on any atom is -0.238 e. The third kappa shape index (κ3) is 1.19. The number of thiazole rings is 1. The molecule has 0 unspecified atom stereocenters. The highest BCUT2D eigenvalue weighted by molar-refractivity contribution is 7.18. The van der Waals surface area contributed by atoms with Crippen LogP contribution in [0.1, 0.15) is 5.01 Å². The molecular weight excluding hydrogens is 199 g/mol. The van der Waals surface area contributed by atoms with E-state index in [9.17, 15) is 13.2 Å². The van der Waals surface area contributed by atoms with E-state index in [0.717, 1.165) is 11.3 Å². The number of benzene rings is 1. The van der Waals surface area contributed by atoms with Crippen molar-refractivity contribution < 1.29 is 13.2 Å². The molecule has 68 valence electrons. The lowest BCUT2D eigenvalue weighted by atomic mass is 10.3. The van der Waals surface area contributed by atoms with Crippen LogP contribution in [0.4, 0.5) is 13.2 Å². The maximum atomic E-state index is 13.0. The average molecular weight is 203 g/mol. The fourth-order valence-corrected chi connectivity index (χ4v) is 1.91. The van der Waals surface area contributed by atoms with Crippen molar-refractivity contribution >= 4 is 21.6 Å². The van der Waals surface area contributed by atoms with Crippen LogP contribution in [-0.2, 0) is 0 Å². The molecule has 0 saturated carbocycles. The Morgan fingerprint density at radius 2 is 1.92 bits per heavy atom. The van der Waals surface area contributed by atoms with Gasteiger partial charge in [0.15, 0.2) is 11.6 Å². The van der Waals surface area contributed by atoms with Gasteiger partial charge >= 0.3 is 0 Å². The Morgan fingerprint density at radius 1 is 1.23 bits per heavy atom. The smallest absolute Gasteiger partial charge is 0.186 e. The highest BCUT2D eigenvalue weighted by atomic mass is 32.1. The van der Waals surface area contributed by atoms with Crippen molar-refractivity contribution in [3.63, 3.8) is 0 Å². The van der Waals surface area contributed by atoms with E-state index in [1.807, 2.05) is 0 Å². The summed E-state index contributed by atoms with van der Waals surface area (Å²) in [7, 11) is 0. The predicted octanol–water partition coefficient (Wildman–Crippen LogP) is 3.02. The molecule has 2 rings (SSSR count). The van der Waals surface area contributed by atoms with Crippen molar-refractivity contribution in [2.75, 3.05) is 0 Å². The number of fused-ring (bicyclic) bond motifs is 1. The third-order valence-electron chi connectivity index (χ3n) is 1.62. The molecule has 0 saturated heterocycles. The van der Waals surface area contributed by atoms with Gasteiger partial charge in [0.25, 0.3) is 0 Å². The number of hydrogen-bond acceptors (Lipinski definition) is 2. The molecule has 1 nitrogen and oxygen atoms in total. The standard InChI is InChI=1S/C8H4F3NS/c1-3-12-7-6(11)4(9)2-5(10)8(7)13-3/h2H,1H3. The minimum atomic E-state index is -1.20. The summed E-state index contributed by atoms with van der Waals surface area (Å²) in [5, 5.41) is 0.512. The summed E-state index contributed by atoms with van der Waals surface area (Å²) in [6.45, 7) is 1.61. The van der Waals surface area contributed by atoms with Gasteiger partial charge in [0.1, 0.15) is 11.3 Å². The van der Waals surface area contributed by atoms with E-state index in [2.05, 4.69) is 4.98 Å². The number of hydrogen-bond donors (Lipinski definition) is 0. The number of aryl methyl sites for hydroxylation is 1. The second-order valence-electron chi connectivity index (χ2n) is 2.56. The molecule has 1 heterocycles. The first kappa shape index (κ1) is 8.50. The zero-order valence-electron chi connectivity index (χ0n) is 6.57. The molecule has 0 bridgehead atoms. The molecule has 0 atom stereocenters. The molecule has 13 heavy (non-hydrogen) atoms. The Balaban J connectivity index is 2.95. The van der Waals surface area contributed by atoms with Crippen molar-refractivity contribution in [2.24, 2.45) is 0 Å². The van der Waals surface area contributed by atoms with Crippen LogP contribution in [0.3, 0.4) is 0 Å². The van der Waals surface area contributed by atoms with Crippen molar-refractivity contribution in [1.82, 2.24) is 4.98 Å². The van der Waals surface area contributed by atoms with Gasteiger partial charge in [0.05, 0.1) is 9.71 Å². The van der Waals surface area contributed by atoms with E-state index < -0.39 is 17.5 Å². The number of halogens is 3. The summed E-state index contributed by atoms with van der Waals surface area (Å²) in [5.41, 5.74) is -0.222. The monoisotopic (exact) mass is 203 g/mol. The largest absolute Gasteiger partial charge is 0.238 e. The van der Waals surface area contributed by atoms with E-state index in [0.29, 0.717) is 11.1 Å². The van der Waals surface area contributed by atoms with Gasteiger partial charge in [0, 0.05) is 6.07 Å². The molecule has 0 amide bonds. The zero-order chi connectivity index (χ0) is 9.59. The molecule has 0 spiro atoms. The van der Waals surface area contributed by atoms with Crippen molar-refractivity contribution in [3.8, 4) is 0 Å². The molecule has 2 aromatic rings. The zero-order valence-corrected chi connectivity index (χ0v) is 7.38. The van der Waals surface area contributed by atoms with E-state index in [4.69, 9.17) is 0 Å². The molecule has 0 radical (unpaired) electrons. The molecule has 0 aliphatic carbocycles. The van der Waals surface area contributed by atoms with Crippen molar-refractivity contribution in [2.45, 2.75) is 6.92 Å². The summed E-state index contributed by atoms with van der Waals surface area (Å²) in [6.07, 6.45) is 0. The minimum absolute atomic E-state index is 0.0661. The molecule has 1 aromatic heterocycles. The number of rotatable bonds is 0. The second-order valence-corrected chi connectivity index (χ2v) is 3.77. The molecule has 5 heteroatoms. The van der Waals surface area contributed by atoms with Gasteiger partial charge < -0.3 is 0 Å². The maximum absolute atomic E-state index is 13.0. The van der Waals surface area contributed by atoms with Crippen LogP contribution in [0.2, 0.25) is 0 Å². The summed E-state index contributed by atoms with van der Waals surface area (Å²) in [6, 6.07) is 0.537. The first-order valence-corrected chi connectivity index (χ1v) is 4.32. The van der Waals surface area contributed by atoms with E-state index in [1.165, 1.54) is 0 Å². The highest BCUT2D eigenvalue weighted by Crippen LogP contribution is 2.27. The predicted molar refractivity (Wildman–Crippen MR) is 44.2 cm³/mol. The van der Waals surface area contributed by atoms with Crippen molar-refractivity contribution in [1.29, 1.82) is 0 Å². The Labute approximate surface area is 75.8 Å². The van der Waals surface area contributed by atoms with Crippen LogP contribution in [0.25, 0.3) is 10.2 Å². The van der Waals surface area contributed by atoms with E-state index in [-0.39, 0.29) is 10.2 Å². The molecule has 0 fully saturated rings. The number of aromatic nitrogens is 1. The quantitative estimate of drug-likeness (QED) is 0.600. The Kier molecular flexibility index (Phi) is 1.76. The summed E-state index contributed by atoms with van der Waals surface area (Å²) in [4.78, 5) is 3.70. The fraction of sp³-hybridized carbons (Fsp3) is 0.125. The van der Waals surface area contributed by atoms with Gasteiger partial charge in [-0.15, -0.1) is 11.3 Å². The first-order valence-electron chi connectivity index (χ1n) is 3.50. The van der Waals surface area contributed by atoms with Gasteiger partial charge in [-0.3, -0.25) is 0 Å². The lowest BCUT2D eigenvalue weighted by Crippen LogP contribution is -1.88. The van der Waals surface area contributed by atoms with Crippen LogP contribution in [0, 0.1) is 24.4 Å². The normalized spacial score (nSPS) is 11.1. The van der Waals surface area contributed by atoms with Crippen LogP contribution < -0.4 is 0 Å². The molecule has 0 aliphatic rings. The lowest BCUT2D eigenvalue weighted by molar-refractivity contribution is 0.505. The maximum Gasteiger partial charge on any atom is 0.186 e. The molecule has 0 N–H and O–H groups in total. The van der Waals surface area contributed by atoms with Crippen LogP contribution in [-0.4, -0.2) is 4.98 Å². The fourth-order valence-electron chi connectivity index (χ4n) is 1.09. The summed E-state index contributed by atoms with van der Waals surface area (Å²) >= 11 is 1.01. The first-order chi connectivity index (χ1) is 6.09. The van der Waals surface area contributed by atoms with Gasteiger partial charge in [-0.05, 0) is 6.92 Å². The number of nitrogens with zero attached hydrogens (tertiary/aromatic N) is 1. The molecule has 0 aliphatic heterocycles. The lowest BCUT2D eigenvalue weighted by Gasteiger charge is -1.94. The summed E-state index contributed by atoms with van der Waals surface area (Å²) < 4.78 is 38.7. The van der Waals surface area contributed by atoms with Crippen LogP contribution >= 0.6 is 11.3 Å². The average Bonchev–Trinajstić information content (AvgIpc) is 2.44. The molecular formula is C8H4F3NS. The van der Waals surface area contributed by atoms with Crippen LogP contribution in [0.5, 0.6) is 0 Å². The second kappa shape index (κ2) is 2.70. The Morgan fingerprint density at radius 3 is 2.62 bits per heavy atom. The Hall–Kier alpha value is -1.10. The SMILES string of the molecule is Cc1nc2c(F)c(F)cc(F)c2s1. The Bertz CT molecular complexity index is 478. The van der Waals surface area contributed by atoms with Gasteiger partial charge in [-0.2, -0.15) is 0 Å². The van der Waals surface area contributed by atoms with Gasteiger partial charge in [-0.25, -0.2) is 18.2 Å². The van der Waals surface area contributed by atoms with E-state index in [1.54, 1.807) is 6.92 Å². The van der Waals surface area contributed by atoms with E-state index >= 15 is 0 Å². The highest BCUT2D eigenvalue weighted by Gasteiger charge is 2.15. The molecule has 1 aromatic carbocycles. The van der Waals surface area contributed by atoms with Gasteiger partial charge in [-0.1, -0.05) is 0 Å². The van der Waals surface area contributed by atoms with Gasteiger partial charge in [0.2, 0.25) is 0 Å². The summed E-state index contributed by atoms with van der Waals surface area (Å²) in [5.74, 6) is -3.05. The third-order valence-corrected chi connectivity index (χ3v) is 2.60. The van der Waals surface area contributed by atoms with Crippen molar-refractivity contribution in [3.05, 3.63) is 28.5 Å². The topological polar surface area (TPSA) is 12.9 Å². The van der Waals surface area contributed by atoms with Crippen LogP contribution in [0.15, 0.2) is 6.07 Å².